The average molecular weight is 568 g/mol. The van der Waals surface area contributed by atoms with Gasteiger partial charge in [-0.1, -0.05) is 35.0 Å². The van der Waals surface area contributed by atoms with Crippen LogP contribution in [0.2, 0.25) is 0 Å². The van der Waals surface area contributed by atoms with Gasteiger partial charge >= 0.3 is 6.18 Å². The highest BCUT2D eigenvalue weighted by Crippen LogP contribution is 2.33. The fraction of sp³-hybridized carbons (Fsp3) is 0.292. The number of guanidine groups is 1. The molecule has 0 saturated heterocycles. The Kier molecular flexibility index (Phi) is 9.19. The summed E-state index contributed by atoms with van der Waals surface area (Å²) in [6.07, 6.45) is -3.52. The van der Waals surface area contributed by atoms with Crippen molar-refractivity contribution in [3.05, 3.63) is 65.9 Å². The molecule has 3 aromatic rings. The number of hydrogen-bond donors (Lipinski definition) is 5. The van der Waals surface area contributed by atoms with E-state index in [4.69, 9.17) is 16.7 Å². The molecule has 0 aliphatic rings. The number of oxime groups is 1. The van der Waals surface area contributed by atoms with Gasteiger partial charge in [-0.2, -0.15) is 18.3 Å². The van der Waals surface area contributed by atoms with E-state index in [2.05, 4.69) is 15.6 Å². The molecule has 0 saturated carbocycles. The van der Waals surface area contributed by atoms with Gasteiger partial charge in [-0.05, 0) is 56.5 Å². The molecule has 0 unspecified atom stereocenters. The molecule has 1 amide bonds. The van der Waals surface area contributed by atoms with E-state index in [9.17, 15) is 26.4 Å². The van der Waals surface area contributed by atoms with Gasteiger partial charge in [0.05, 0.1) is 22.3 Å². The second kappa shape index (κ2) is 12.2. The SMILES string of the molecule is Cc1ccc(-c2cc(C(F)(F)F)nn2-c2ccc(S(=O)(=O)NC(=O)[C@@H](N)CCCCN/C(N)=N/O)cc2)cc1. The van der Waals surface area contributed by atoms with Gasteiger partial charge in [0.1, 0.15) is 0 Å². The Bertz CT molecular complexity index is 1420. The smallest absolute Gasteiger partial charge is 0.408 e. The summed E-state index contributed by atoms with van der Waals surface area (Å²) in [5.41, 5.74) is 11.7. The molecule has 15 heteroatoms. The predicted molar refractivity (Wildman–Crippen MR) is 137 cm³/mol. The molecule has 3 rings (SSSR count). The average Bonchev–Trinajstić information content (AvgIpc) is 3.34. The topological polar surface area (TPSA) is 178 Å². The summed E-state index contributed by atoms with van der Waals surface area (Å²) in [5.74, 6) is -1.07. The third kappa shape index (κ3) is 7.70. The minimum atomic E-state index is -4.69. The number of carbonyl (C=O) groups is 1. The number of rotatable bonds is 10. The van der Waals surface area contributed by atoms with Gasteiger partial charge in [0, 0.05) is 12.1 Å². The standard InChI is InChI=1S/C24H28F3N7O4S/c1-15-5-7-16(8-6-15)20-14-21(24(25,26)27)31-34(20)17-9-11-18(12-10-17)39(37,38)33-22(35)19(28)4-2-3-13-30-23(29)32-36/h5-12,14,19,36H,2-4,13,28H2,1H3,(H,33,35)(H3,29,30,32)/t19-/m0/s1. The molecular formula is C24H28F3N7O4S. The highest BCUT2D eigenvalue weighted by molar-refractivity contribution is 7.90. The van der Waals surface area contributed by atoms with Gasteiger partial charge in [0.25, 0.3) is 15.9 Å². The third-order valence-electron chi connectivity index (χ3n) is 5.67. The number of unbranched alkanes of at least 4 members (excludes halogenated alkanes) is 1. The molecule has 1 atom stereocenters. The van der Waals surface area contributed by atoms with Crippen molar-refractivity contribution < 1.29 is 31.6 Å². The van der Waals surface area contributed by atoms with Crippen LogP contribution in [0.5, 0.6) is 0 Å². The van der Waals surface area contributed by atoms with Crippen LogP contribution in [0.1, 0.15) is 30.5 Å². The summed E-state index contributed by atoms with van der Waals surface area (Å²) in [6.45, 7) is 2.21. The first-order valence-electron chi connectivity index (χ1n) is 11.7. The van der Waals surface area contributed by atoms with Crippen LogP contribution in [0.3, 0.4) is 0 Å². The number of nitrogens with two attached hydrogens (primary N) is 2. The molecule has 11 nitrogen and oxygen atoms in total. The normalized spacial score (nSPS) is 13.2. The van der Waals surface area contributed by atoms with E-state index in [0.717, 1.165) is 28.4 Å². The van der Waals surface area contributed by atoms with Crippen LogP contribution in [0.4, 0.5) is 13.2 Å². The van der Waals surface area contributed by atoms with Crippen molar-refractivity contribution in [3.8, 4) is 16.9 Å². The van der Waals surface area contributed by atoms with Crippen molar-refractivity contribution in [2.75, 3.05) is 6.54 Å². The highest BCUT2D eigenvalue weighted by Gasteiger charge is 2.35. The van der Waals surface area contributed by atoms with E-state index in [1.807, 2.05) is 11.6 Å². The second-order valence-corrected chi connectivity index (χ2v) is 10.4. The van der Waals surface area contributed by atoms with Crippen LogP contribution in [0.15, 0.2) is 64.6 Å². The largest absolute Gasteiger partial charge is 0.435 e. The maximum Gasteiger partial charge on any atom is 0.435 e. The van der Waals surface area contributed by atoms with Gasteiger partial charge in [-0.15, -0.1) is 0 Å². The Morgan fingerprint density at radius 3 is 2.36 bits per heavy atom. The molecule has 0 fully saturated rings. The van der Waals surface area contributed by atoms with E-state index < -0.39 is 33.8 Å². The quantitative estimate of drug-likeness (QED) is 0.0815. The monoisotopic (exact) mass is 567 g/mol. The Labute approximate surface area is 222 Å². The number of sulfonamides is 1. The van der Waals surface area contributed by atoms with Crippen LogP contribution in [-0.4, -0.2) is 47.9 Å². The van der Waals surface area contributed by atoms with Crippen LogP contribution < -0.4 is 21.5 Å². The number of nitrogens with zero attached hydrogens (tertiary/aromatic N) is 3. The van der Waals surface area contributed by atoms with E-state index in [0.29, 0.717) is 24.9 Å². The molecule has 0 radical (unpaired) electrons. The number of alkyl halides is 3. The van der Waals surface area contributed by atoms with Crippen molar-refractivity contribution in [3.63, 3.8) is 0 Å². The fourth-order valence-electron chi connectivity index (χ4n) is 3.55. The zero-order valence-corrected chi connectivity index (χ0v) is 21.6. The first-order valence-corrected chi connectivity index (χ1v) is 13.2. The Morgan fingerprint density at radius 1 is 1.13 bits per heavy atom. The lowest BCUT2D eigenvalue weighted by Crippen LogP contribution is -2.43. The van der Waals surface area contributed by atoms with Gasteiger partial charge in [0.2, 0.25) is 5.96 Å². The number of hydrogen-bond acceptors (Lipinski definition) is 7. The van der Waals surface area contributed by atoms with Gasteiger partial charge in [0.15, 0.2) is 5.69 Å². The first kappa shape index (κ1) is 29.4. The third-order valence-corrected chi connectivity index (χ3v) is 7.03. The number of nitrogens with one attached hydrogen (secondary N) is 2. The van der Waals surface area contributed by atoms with Crippen molar-refractivity contribution in [1.29, 1.82) is 0 Å². The fourth-order valence-corrected chi connectivity index (χ4v) is 4.58. The highest BCUT2D eigenvalue weighted by atomic mass is 32.2. The lowest BCUT2D eigenvalue weighted by atomic mass is 10.1. The molecule has 0 bridgehead atoms. The lowest BCUT2D eigenvalue weighted by Gasteiger charge is -2.13. The van der Waals surface area contributed by atoms with Gasteiger partial charge in [-0.25, -0.2) is 17.8 Å². The molecule has 0 aliphatic carbocycles. The molecule has 0 aliphatic heterocycles. The Balaban J connectivity index is 1.73. The molecule has 39 heavy (non-hydrogen) atoms. The molecule has 0 spiro atoms. The number of halogens is 3. The maximum atomic E-state index is 13.4. The summed E-state index contributed by atoms with van der Waals surface area (Å²) < 4.78 is 68.7. The molecule has 1 aromatic heterocycles. The van der Waals surface area contributed by atoms with E-state index in [-0.39, 0.29) is 28.7 Å². The summed E-state index contributed by atoms with van der Waals surface area (Å²) in [7, 11) is -4.30. The summed E-state index contributed by atoms with van der Waals surface area (Å²) in [5, 5.41) is 17.5. The molecule has 1 heterocycles. The van der Waals surface area contributed by atoms with Crippen LogP contribution >= 0.6 is 0 Å². The van der Waals surface area contributed by atoms with Crippen LogP contribution in [-0.2, 0) is 21.0 Å². The van der Waals surface area contributed by atoms with E-state index in [1.54, 1.807) is 24.3 Å². The molecular weight excluding hydrogens is 539 g/mol. The summed E-state index contributed by atoms with van der Waals surface area (Å²) in [4.78, 5) is 12.1. The minimum Gasteiger partial charge on any atom is -0.408 e. The lowest BCUT2D eigenvalue weighted by molar-refractivity contribution is -0.141. The van der Waals surface area contributed by atoms with Gasteiger partial charge in [-0.3, -0.25) is 4.79 Å². The molecule has 2 aromatic carbocycles. The van der Waals surface area contributed by atoms with Gasteiger partial charge < -0.3 is 22.0 Å². The van der Waals surface area contributed by atoms with E-state index in [1.165, 1.54) is 12.1 Å². The zero-order valence-electron chi connectivity index (χ0n) is 20.8. The number of carbonyl (C=O) groups excluding carboxylic acids is 1. The van der Waals surface area contributed by atoms with Crippen molar-refractivity contribution in [2.45, 2.75) is 43.3 Å². The Morgan fingerprint density at radius 2 is 1.77 bits per heavy atom. The summed E-state index contributed by atoms with van der Waals surface area (Å²) >= 11 is 0. The number of benzene rings is 2. The van der Waals surface area contributed by atoms with Crippen LogP contribution in [0.25, 0.3) is 16.9 Å². The van der Waals surface area contributed by atoms with Crippen LogP contribution in [0, 0.1) is 6.92 Å². The second-order valence-electron chi connectivity index (χ2n) is 8.67. The summed E-state index contributed by atoms with van der Waals surface area (Å²) in [6, 6.07) is 11.5. The van der Waals surface area contributed by atoms with Crippen molar-refractivity contribution in [2.24, 2.45) is 16.6 Å². The molecule has 210 valence electrons. The first-order chi connectivity index (χ1) is 18.3. The van der Waals surface area contributed by atoms with E-state index >= 15 is 0 Å². The van der Waals surface area contributed by atoms with Crippen molar-refractivity contribution in [1.82, 2.24) is 19.8 Å². The zero-order chi connectivity index (χ0) is 28.8. The Hall–Kier alpha value is -4.11. The molecule has 7 N–H and O–H groups in total. The predicted octanol–water partition coefficient (Wildman–Crippen LogP) is 2.46. The number of amides is 1. The number of aryl methyl sites for hydroxylation is 1. The number of aromatic nitrogens is 2. The minimum absolute atomic E-state index is 0.158. The maximum absolute atomic E-state index is 13.4. The van der Waals surface area contributed by atoms with Crippen molar-refractivity contribution >= 4 is 21.9 Å².